The molecule has 0 spiro atoms. The summed E-state index contributed by atoms with van der Waals surface area (Å²) in [5.41, 5.74) is 6.32. The van der Waals surface area contributed by atoms with Gasteiger partial charge < -0.3 is 10.6 Å². The molecule has 106 valence electrons. The summed E-state index contributed by atoms with van der Waals surface area (Å²) in [6, 6.07) is 0. The minimum Gasteiger partial charge on any atom is -0.393 e. The van der Waals surface area contributed by atoms with Gasteiger partial charge in [0.15, 0.2) is 0 Å². The maximum Gasteiger partial charge on any atom is 0.0784 e. The van der Waals surface area contributed by atoms with Crippen LogP contribution in [0.1, 0.15) is 59.8 Å². The maximum atomic E-state index is 5.77. The Hall–Kier alpha value is -0.150. The van der Waals surface area contributed by atoms with E-state index >= 15 is 0 Å². The molecule has 2 N–H and O–H groups in total. The molecular formula is C15H30N2S. The number of rotatable bonds is 5. The van der Waals surface area contributed by atoms with E-state index in [1.165, 1.54) is 45.3 Å². The Bertz CT molecular complexity index is 284. The first-order valence-electron chi connectivity index (χ1n) is 7.25. The molecule has 0 aromatic heterocycles. The fraction of sp³-hybridized carbons (Fsp3) is 0.933. The van der Waals surface area contributed by atoms with E-state index in [0.29, 0.717) is 10.4 Å². The van der Waals surface area contributed by atoms with E-state index in [9.17, 15) is 0 Å². The van der Waals surface area contributed by atoms with Crippen LogP contribution in [0.3, 0.4) is 0 Å². The van der Waals surface area contributed by atoms with Crippen LogP contribution in [0.25, 0.3) is 0 Å². The molecule has 0 radical (unpaired) electrons. The second-order valence-corrected chi connectivity index (χ2v) is 7.65. The molecule has 1 heterocycles. The van der Waals surface area contributed by atoms with E-state index in [4.69, 9.17) is 18.0 Å². The highest BCUT2D eigenvalue weighted by atomic mass is 32.1. The zero-order valence-corrected chi connectivity index (χ0v) is 13.4. The number of hydrogen-bond acceptors (Lipinski definition) is 2. The van der Waals surface area contributed by atoms with E-state index in [1.807, 2.05) is 0 Å². The van der Waals surface area contributed by atoms with Crippen LogP contribution in [-0.2, 0) is 0 Å². The Morgan fingerprint density at radius 3 is 2.56 bits per heavy atom. The van der Waals surface area contributed by atoms with Gasteiger partial charge in [-0.3, -0.25) is 0 Å². The Balaban J connectivity index is 2.30. The molecular weight excluding hydrogens is 240 g/mol. The minimum absolute atomic E-state index is 0.0143. The number of nitrogens with zero attached hydrogens (tertiary/aromatic N) is 1. The van der Waals surface area contributed by atoms with Gasteiger partial charge in [0.1, 0.15) is 0 Å². The summed E-state index contributed by atoms with van der Waals surface area (Å²) < 4.78 is 0. The molecule has 0 atom stereocenters. The van der Waals surface area contributed by atoms with Crippen molar-refractivity contribution in [1.29, 1.82) is 0 Å². The first kappa shape index (κ1) is 15.9. The van der Waals surface area contributed by atoms with Gasteiger partial charge in [-0.15, -0.1) is 0 Å². The van der Waals surface area contributed by atoms with Gasteiger partial charge in [0.2, 0.25) is 0 Å². The van der Waals surface area contributed by atoms with Crippen molar-refractivity contribution in [3.05, 3.63) is 0 Å². The van der Waals surface area contributed by atoms with Gasteiger partial charge in [-0.1, -0.05) is 39.9 Å². The molecule has 0 aromatic carbocycles. The second-order valence-electron chi connectivity index (χ2n) is 7.21. The summed E-state index contributed by atoms with van der Waals surface area (Å²) in [4.78, 5) is 3.27. The van der Waals surface area contributed by atoms with Crippen LogP contribution in [-0.4, -0.2) is 29.5 Å². The lowest BCUT2D eigenvalue weighted by Crippen LogP contribution is -2.32. The van der Waals surface area contributed by atoms with Crippen LogP contribution in [0.5, 0.6) is 0 Å². The van der Waals surface area contributed by atoms with Gasteiger partial charge in [-0.2, -0.15) is 0 Å². The molecule has 1 rings (SSSR count). The summed E-state index contributed by atoms with van der Waals surface area (Å²) in [6.07, 6.45) is 6.33. The lowest BCUT2D eigenvalue weighted by Gasteiger charge is -2.26. The van der Waals surface area contributed by atoms with Crippen LogP contribution in [0.4, 0.5) is 0 Å². The Morgan fingerprint density at radius 2 is 1.94 bits per heavy atom. The predicted octanol–water partition coefficient (Wildman–Crippen LogP) is 3.59. The van der Waals surface area contributed by atoms with Crippen molar-refractivity contribution in [1.82, 2.24) is 4.90 Å². The third-order valence-corrected chi connectivity index (χ3v) is 4.93. The lowest BCUT2D eigenvalue weighted by molar-refractivity contribution is 0.250. The van der Waals surface area contributed by atoms with Crippen molar-refractivity contribution in [2.75, 3.05) is 19.6 Å². The van der Waals surface area contributed by atoms with E-state index in [0.717, 1.165) is 6.42 Å². The summed E-state index contributed by atoms with van der Waals surface area (Å²) in [6.45, 7) is 12.8. The highest BCUT2D eigenvalue weighted by molar-refractivity contribution is 7.80. The highest BCUT2D eigenvalue weighted by Gasteiger charge is 2.24. The van der Waals surface area contributed by atoms with Crippen molar-refractivity contribution < 1.29 is 0 Å². The fourth-order valence-electron chi connectivity index (χ4n) is 2.57. The van der Waals surface area contributed by atoms with Crippen molar-refractivity contribution in [3.63, 3.8) is 0 Å². The van der Waals surface area contributed by atoms with Crippen molar-refractivity contribution >= 4 is 17.2 Å². The Labute approximate surface area is 118 Å². The van der Waals surface area contributed by atoms with E-state index < -0.39 is 0 Å². The van der Waals surface area contributed by atoms with Crippen LogP contribution in [0, 0.1) is 10.8 Å². The standard InChI is InChI=1S/C15H30N2S/c1-14(2)7-5-10-17(12-9-14)11-6-8-15(3,4)13(16)18/h5-12H2,1-4H3,(H2,16,18). The summed E-state index contributed by atoms with van der Waals surface area (Å²) in [5, 5.41) is 0. The fourth-order valence-corrected chi connectivity index (χ4v) is 2.67. The third-order valence-electron chi connectivity index (χ3n) is 4.38. The largest absolute Gasteiger partial charge is 0.393 e. The molecule has 1 aliphatic rings. The SMILES string of the molecule is CC1(C)CCCN(CCCC(C)(C)C(N)=S)CC1. The third kappa shape index (κ3) is 5.23. The molecule has 0 saturated carbocycles. The Morgan fingerprint density at radius 1 is 1.28 bits per heavy atom. The number of hydrogen-bond donors (Lipinski definition) is 1. The van der Waals surface area contributed by atoms with Crippen LogP contribution >= 0.6 is 12.2 Å². The quantitative estimate of drug-likeness (QED) is 0.774. The van der Waals surface area contributed by atoms with Crippen LogP contribution in [0.2, 0.25) is 0 Å². The molecule has 0 aliphatic carbocycles. The van der Waals surface area contributed by atoms with Gasteiger partial charge in [-0.25, -0.2) is 0 Å². The van der Waals surface area contributed by atoms with Gasteiger partial charge in [0, 0.05) is 5.41 Å². The summed E-state index contributed by atoms with van der Waals surface area (Å²) in [7, 11) is 0. The summed E-state index contributed by atoms with van der Waals surface area (Å²) >= 11 is 5.12. The first-order chi connectivity index (χ1) is 8.23. The molecule has 0 aromatic rings. The van der Waals surface area contributed by atoms with E-state index in [-0.39, 0.29) is 5.41 Å². The zero-order chi connectivity index (χ0) is 13.8. The molecule has 1 fully saturated rings. The van der Waals surface area contributed by atoms with Crippen LogP contribution in [0.15, 0.2) is 0 Å². The lowest BCUT2D eigenvalue weighted by atomic mass is 9.85. The molecule has 3 heteroatoms. The van der Waals surface area contributed by atoms with Crippen molar-refractivity contribution in [2.24, 2.45) is 16.6 Å². The van der Waals surface area contributed by atoms with Gasteiger partial charge in [0.25, 0.3) is 0 Å². The van der Waals surface area contributed by atoms with Crippen molar-refractivity contribution in [2.45, 2.75) is 59.8 Å². The van der Waals surface area contributed by atoms with E-state index in [2.05, 4.69) is 32.6 Å². The smallest absolute Gasteiger partial charge is 0.0784 e. The number of thiocarbonyl (C=S) groups is 1. The van der Waals surface area contributed by atoms with Crippen LogP contribution < -0.4 is 5.73 Å². The maximum absolute atomic E-state index is 5.77. The molecule has 1 saturated heterocycles. The van der Waals surface area contributed by atoms with Crippen molar-refractivity contribution in [3.8, 4) is 0 Å². The van der Waals surface area contributed by atoms with Gasteiger partial charge in [-0.05, 0) is 57.2 Å². The molecule has 2 nitrogen and oxygen atoms in total. The Kier molecular flexibility index (Phi) is 5.60. The van der Waals surface area contributed by atoms with E-state index in [1.54, 1.807) is 0 Å². The summed E-state index contributed by atoms with van der Waals surface area (Å²) in [5.74, 6) is 0. The average molecular weight is 270 g/mol. The minimum atomic E-state index is 0.0143. The molecule has 0 unspecified atom stereocenters. The zero-order valence-electron chi connectivity index (χ0n) is 12.6. The average Bonchev–Trinajstić information content (AvgIpc) is 2.40. The second kappa shape index (κ2) is 6.33. The first-order valence-corrected chi connectivity index (χ1v) is 7.66. The normalized spacial score (nSPS) is 21.6. The molecule has 18 heavy (non-hydrogen) atoms. The monoisotopic (exact) mass is 270 g/mol. The van der Waals surface area contributed by atoms with Gasteiger partial charge >= 0.3 is 0 Å². The molecule has 0 amide bonds. The predicted molar refractivity (Wildman–Crippen MR) is 83.9 cm³/mol. The van der Waals surface area contributed by atoms with Gasteiger partial charge in [0.05, 0.1) is 4.99 Å². The molecule has 1 aliphatic heterocycles. The number of nitrogens with two attached hydrogens (primary N) is 1. The topological polar surface area (TPSA) is 29.3 Å². The molecule has 0 bridgehead atoms. The number of likely N-dealkylation sites (tertiary alicyclic amines) is 1. The highest BCUT2D eigenvalue weighted by Crippen LogP contribution is 2.30.